The van der Waals surface area contributed by atoms with E-state index in [9.17, 15) is 52.7 Å². The second-order valence-electron chi connectivity index (χ2n) is 3.70. The van der Waals surface area contributed by atoms with Crippen molar-refractivity contribution < 1.29 is 52.7 Å². The van der Waals surface area contributed by atoms with Crippen LogP contribution in [0.3, 0.4) is 0 Å². The predicted octanol–water partition coefficient (Wildman–Crippen LogP) is 4.96. The lowest BCUT2D eigenvalue weighted by molar-refractivity contribution is -0.323. The molecule has 0 aromatic carbocycles. The van der Waals surface area contributed by atoms with Crippen LogP contribution in [-0.2, 0) is 0 Å². The van der Waals surface area contributed by atoms with Gasteiger partial charge in [0.15, 0.2) is 0 Å². The summed E-state index contributed by atoms with van der Waals surface area (Å²) in [6.07, 6.45) is -21.9. The Morgan fingerprint density at radius 1 is 0.650 bits per heavy atom. The molecule has 0 radical (unpaired) electrons. The maximum Gasteiger partial charge on any atom is 0.435 e. The van der Waals surface area contributed by atoms with Crippen molar-refractivity contribution in [2.75, 3.05) is 0 Å². The molecule has 0 heterocycles. The van der Waals surface area contributed by atoms with Crippen molar-refractivity contribution >= 4 is 0 Å². The minimum atomic E-state index is -6.83. The molecule has 0 aliphatic heterocycles. The number of rotatable bonds is 2. The van der Waals surface area contributed by atoms with Crippen LogP contribution in [0.5, 0.6) is 0 Å². The van der Waals surface area contributed by atoms with E-state index >= 15 is 0 Å². The first-order valence-electron chi connectivity index (χ1n) is 4.35. The molecule has 0 amide bonds. The van der Waals surface area contributed by atoms with Gasteiger partial charge in [0.05, 0.1) is 0 Å². The summed E-state index contributed by atoms with van der Waals surface area (Å²) in [6, 6.07) is 0. The van der Waals surface area contributed by atoms with Gasteiger partial charge in [0.25, 0.3) is 5.67 Å². The first-order chi connectivity index (χ1) is 8.38. The first kappa shape index (κ1) is 18.9. The fraction of sp³-hybridized carbons (Fsp3) is 0.750. The van der Waals surface area contributed by atoms with E-state index in [2.05, 4.69) is 0 Å². The average molecular weight is 328 g/mol. The summed E-state index contributed by atoms with van der Waals surface area (Å²) in [4.78, 5) is 0. The lowest BCUT2D eigenvalue weighted by atomic mass is 9.98. The Balaban J connectivity index is 6.02. The predicted molar refractivity (Wildman–Crippen MR) is 40.7 cm³/mol. The molecule has 0 aliphatic rings. The van der Waals surface area contributed by atoms with Crippen molar-refractivity contribution in [3.8, 4) is 0 Å². The zero-order chi connectivity index (χ0) is 16.8. The summed E-state index contributed by atoms with van der Waals surface area (Å²) in [5.41, 5.74) is -11.7. The highest BCUT2D eigenvalue weighted by molar-refractivity contribution is 5.21. The molecule has 0 spiro atoms. The standard InChI is InChI=1S/C8H4F12/c1-4(10,6(12,13)14)3(9)2-5(11,7(15,16)17)8(18,19)20/h2H,1H3/b3-2-. The lowest BCUT2D eigenvalue weighted by Crippen LogP contribution is -2.52. The van der Waals surface area contributed by atoms with Crippen LogP contribution in [0.2, 0.25) is 0 Å². The van der Waals surface area contributed by atoms with Crippen LogP contribution >= 0.6 is 0 Å². The van der Waals surface area contributed by atoms with Crippen LogP contribution in [0.4, 0.5) is 52.7 Å². The molecule has 1 atom stereocenters. The number of allylic oxidation sites excluding steroid dienone is 2. The second kappa shape index (κ2) is 4.72. The van der Waals surface area contributed by atoms with Crippen molar-refractivity contribution in [3.63, 3.8) is 0 Å². The van der Waals surface area contributed by atoms with Gasteiger partial charge < -0.3 is 0 Å². The number of hydrogen-bond acceptors (Lipinski definition) is 0. The molecule has 12 heteroatoms. The molecule has 0 saturated heterocycles. The van der Waals surface area contributed by atoms with E-state index in [0.29, 0.717) is 0 Å². The Kier molecular flexibility index (Phi) is 4.46. The van der Waals surface area contributed by atoms with E-state index in [0.717, 1.165) is 0 Å². The summed E-state index contributed by atoms with van der Waals surface area (Å²) >= 11 is 0. The van der Waals surface area contributed by atoms with E-state index in [4.69, 9.17) is 0 Å². The minimum Gasteiger partial charge on any atom is -0.226 e. The molecular weight excluding hydrogens is 324 g/mol. The molecule has 0 N–H and O–H groups in total. The zero-order valence-corrected chi connectivity index (χ0v) is 9.11. The average Bonchev–Trinajstić information content (AvgIpc) is 2.11. The maximum atomic E-state index is 12.9. The van der Waals surface area contributed by atoms with Gasteiger partial charge in [-0.15, -0.1) is 0 Å². The first-order valence-corrected chi connectivity index (χ1v) is 4.35. The second-order valence-corrected chi connectivity index (χ2v) is 3.70. The molecule has 0 fully saturated rings. The Bertz CT molecular complexity index is 364. The molecule has 1 unspecified atom stereocenters. The maximum absolute atomic E-state index is 12.9. The minimum absolute atomic E-state index is 0.688. The third-order valence-electron chi connectivity index (χ3n) is 2.13. The van der Waals surface area contributed by atoms with Gasteiger partial charge in [-0.2, -0.15) is 39.5 Å². The molecule has 0 aromatic rings. The van der Waals surface area contributed by atoms with E-state index in [-0.39, 0.29) is 0 Å². The lowest BCUT2D eigenvalue weighted by Gasteiger charge is -2.29. The largest absolute Gasteiger partial charge is 0.435 e. The molecule has 0 rings (SSSR count). The fourth-order valence-electron chi connectivity index (χ4n) is 0.770. The van der Waals surface area contributed by atoms with Gasteiger partial charge in [0.1, 0.15) is 5.83 Å². The Labute approximate surface area is 103 Å². The SMILES string of the molecule is CC(F)(/C(F)=C/C(F)(C(F)(F)F)C(F)(F)F)C(F)(F)F. The van der Waals surface area contributed by atoms with Crippen molar-refractivity contribution in [3.05, 3.63) is 11.9 Å². The number of hydrogen-bond donors (Lipinski definition) is 0. The van der Waals surface area contributed by atoms with E-state index < -0.39 is 48.7 Å². The van der Waals surface area contributed by atoms with Crippen molar-refractivity contribution in [1.29, 1.82) is 0 Å². The number of alkyl halides is 11. The van der Waals surface area contributed by atoms with E-state index in [1.807, 2.05) is 0 Å². The normalized spacial score (nSPS) is 18.9. The Hall–Kier alpha value is -1.10. The van der Waals surface area contributed by atoms with Crippen molar-refractivity contribution in [2.45, 2.75) is 36.8 Å². The van der Waals surface area contributed by atoms with Crippen LogP contribution in [0.15, 0.2) is 11.9 Å². The summed E-state index contributed by atoms with van der Waals surface area (Å²) in [5.74, 6) is -3.60. The van der Waals surface area contributed by atoms with Gasteiger partial charge in [0, 0.05) is 6.08 Å². The monoisotopic (exact) mass is 328 g/mol. The summed E-state index contributed by atoms with van der Waals surface area (Å²) in [6.45, 7) is -0.688. The zero-order valence-electron chi connectivity index (χ0n) is 9.11. The van der Waals surface area contributed by atoms with Gasteiger partial charge in [-0.05, 0) is 6.92 Å². The van der Waals surface area contributed by atoms with Crippen LogP contribution < -0.4 is 0 Å². The van der Waals surface area contributed by atoms with Crippen LogP contribution in [-0.4, -0.2) is 29.9 Å². The van der Waals surface area contributed by atoms with Gasteiger partial charge in [-0.1, -0.05) is 0 Å². The van der Waals surface area contributed by atoms with E-state index in [1.54, 1.807) is 0 Å². The summed E-state index contributed by atoms with van der Waals surface area (Å²) < 4.78 is 146. The Morgan fingerprint density at radius 2 is 0.950 bits per heavy atom. The molecule has 120 valence electrons. The topological polar surface area (TPSA) is 0 Å². The van der Waals surface area contributed by atoms with E-state index in [1.165, 1.54) is 0 Å². The fourth-order valence-corrected chi connectivity index (χ4v) is 0.770. The van der Waals surface area contributed by atoms with Crippen molar-refractivity contribution in [1.82, 2.24) is 0 Å². The third kappa shape index (κ3) is 3.14. The molecule has 0 nitrogen and oxygen atoms in total. The van der Waals surface area contributed by atoms with Crippen LogP contribution in [0, 0.1) is 0 Å². The van der Waals surface area contributed by atoms with Gasteiger partial charge in [-0.25, -0.2) is 13.2 Å². The summed E-state index contributed by atoms with van der Waals surface area (Å²) in [7, 11) is 0. The highest BCUT2D eigenvalue weighted by Crippen LogP contribution is 2.50. The molecule has 0 bridgehead atoms. The molecule has 20 heavy (non-hydrogen) atoms. The summed E-state index contributed by atoms with van der Waals surface area (Å²) in [5, 5.41) is 0. The third-order valence-corrected chi connectivity index (χ3v) is 2.13. The van der Waals surface area contributed by atoms with Gasteiger partial charge >= 0.3 is 24.2 Å². The van der Waals surface area contributed by atoms with Gasteiger partial charge in [0.2, 0.25) is 0 Å². The highest BCUT2D eigenvalue weighted by Gasteiger charge is 2.72. The number of halogens is 12. The van der Waals surface area contributed by atoms with Crippen LogP contribution in [0.1, 0.15) is 6.92 Å². The van der Waals surface area contributed by atoms with Gasteiger partial charge in [-0.3, -0.25) is 0 Å². The Morgan fingerprint density at radius 3 is 1.15 bits per heavy atom. The molecular formula is C8H4F12. The smallest absolute Gasteiger partial charge is 0.226 e. The van der Waals surface area contributed by atoms with Crippen molar-refractivity contribution in [2.24, 2.45) is 0 Å². The quantitative estimate of drug-likeness (QED) is 0.628. The highest BCUT2D eigenvalue weighted by atomic mass is 19.4. The molecule has 0 saturated carbocycles. The molecule has 0 aliphatic carbocycles. The molecule has 0 aromatic heterocycles. The van der Waals surface area contributed by atoms with Crippen LogP contribution in [0.25, 0.3) is 0 Å².